The predicted molar refractivity (Wildman–Crippen MR) is 139 cm³/mol. The number of nitrogens with zero attached hydrogens (tertiary/aromatic N) is 4. The molecule has 0 aliphatic rings. The Hall–Kier alpha value is -4.48. The molecule has 0 atom stereocenters. The van der Waals surface area contributed by atoms with Crippen LogP contribution in [0.3, 0.4) is 0 Å². The summed E-state index contributed by atoms with van der Waals surface area (Å²) in [5.74, 6) is 0.0464. The van der Waals surface area contributed by atoms with E-state index in [9.17, 15) is 12.8 Å². The van der Waals surface area contributed by atoms with Crippen molar-refractivity contribution in [1.29, 1.82) is 0 Å². The van der Waals surface area contributed by atoms with Crippen LogP contribution in [0, 0.1) is 5.82 Å². The van der Waals surface area contributed by atoms with Crippen LogP contribution in [0.1, 0.15) is 5.56 Å². The van der Waals surface area contributed by atoms with Crippen LogP contribution in [0.25, 0.3) is 56.0 Å². The van der Waals surface area contributed by atoms with E-state index in [1.54, 1.807) is 18.5 Å². The molecule has 0 saturated heterocycles. The molecule has 0 unspecified atom stereocenters. The van der Waals surface area contributed by atoms with Gasteiger partial charge in [0.2, 0.25) is 10.0 Å². The number of nitrogens with one attached hydrogen (secondary N) is 3. The number of H-pyrrole nitrogens is 2. The number of hydrogen-bond donors (Lipinski definition) is 3. The molecule has 37 heavy (non-hydrogen) atoms. The summed E-state index contributed by atoms with van der Waals surface area (Å²) in [6.45, 7) is -0.0177. The maximum atomic E-state index is 14.5. The number of imidazole rings is 1. The highest BCUT2D eigenvalue weighted by Crippen LogP contribution is 2.32. The van der Waals surface area contributed by atoms with Gasteiger partial charge in [0, 0.05) is 30.1 Å². The van der Waals surface area contributed by atoms with Crippen LogP contribution in [-0.2, 0) is 16.6 Å². The lowest BCUT2D eigenvalue weighted by molar-refractivity contribution is 0.586. The van der Waals surface area contributed by atoms with Gasteiger partial charge < -0.3 is 4.98 Å². The fourth-order valence-electron chi connectivity index (χ4n) is 4.25. The van der Waals surface area contributed by atoms with Crippen molar-refractivity contribution in [2.75, 3.05) is 6.26 Å². The molecule has 0 fully saturated rings. The van der Waals surface area contributed by atoms with E-state index < -0.39 is 15.8 Å². The summed E-state index contributed by atoms with van der Waals surface area (Å²) in [7, 11) is -3.42. The molecule has 4 aromatic heterocycles. The third-order valence-corrected chi connectivity index (χ3v) is 6.60. The molecule has 9 nitrogen and oxygen atoms in total. The van der Waals surface area contributed by atoms with Crippen LogP contribution in [0.2, 0.25) is 0 Å². The summed E-state index contributed by atoms with van der Waals surface area (Å²) < 4.78 is 39.9. The molecule has 0 bridgehead atoms. The standard InChI is InChI=1S/C26H20FN7O2S/c1-37(35,36)29-14-15-11-17(13-18(27)12-15)19-3-2-4-21-23(19)32-26(31-21)25-24-22(33-34-25)6-5-20(30-24)16-7-9-28-10-8-16/h2-13,29H,14H2,1H3,(H,31,32)(H,33,34). The Kier molecular flexibility index (Phi) is 5.50. The first-order chi connectivity index (χ1) is 17.8. The molecule has 0 saturated carbocycles. The lowest BCUT2D eigenvalue weighted by atomic mass is 10.0. The minimum atomic E-state index is -3.42. The van der Waals surface area contributed by atoms with E-state index in [-0.39, 0.29) is 6.54 Å². The van der Waals surface area contributed by atoms with E-state index in [0.29, 0.717) is 39.2 Å². The van der Waals surface area contributed by atoms with Gasteiger partial charge in [0.15, 0.2) is 11.5 Å². The Bertz CT molecular complexity index is 1880. The van der Waals surface area contributed by atoms with Crippen LogP contribution in [0.4, 0.5) is 4.39 Å². The largest absolute Gasteiger partial charge is 0.336 e. The van der Waals surface area contributed by atoms with Crippen molar-refractivity contribution in [2.24, 2.45) is 0 Å². The van der Waals surface area contributed by atoms with Gasteiger partial charge in [-0.1, -0.05) is 12.1 Å². The second-order valence-electron chi connectivity index (χ2n) is 8.63. The lowest BCUT2D eigenvalue weighted by Crippen LogP contribution is -2.21. The zero-order valence-electron chi connectivity index (χ0n) is 19.5. The molecule has 0 spiro atoms. The van der Waals surface area contributed by atoms with E-state index in [1.807, 2.05) is 42.5 Å². The third kappa shape index (κ3) is 4.57. The Morgan fingerprint density at radius 3 is 2.57 bits per heavy atom. The Morgan fingerprint density at radius 2 is 1.76 bits per heavy atom. The number of rotatable bonds is 6. The fraction of sp³-hybridized carbons (Fsp3) is 0.0769. The normalized spacial score (nSPS) is 11.9. The Labute approximate surface area is 210 Å². The molecular formula is C26H20FN7O2S. The number of aromatic nitrogens is 6. The van der Waals surface area contributed by atoms with E-state index in [0.717, 1.165) is 28.5 Å². The number of para-hydroxylation sites is 1. The molecule has 184 valence electrons. The molecule has 2 aromatic carbocycles. The number of hydrogen-bond acceptors (Lipinski definition) is 6. The molecule has 3 N–H and O–H groups in total. The Morgan fingerprint density at radius 1 is 0.919 bits per heavy atom. The van der Waals surface area contributed by atoms with Crippen molar-refractivity contribution in [3.05, 3.63) is 84.4 Å². The van der Waals surface area contributed by atoms with Crippen molar-refractivity contribution in [3.63, 3.8) is 0 Å². The highest BCUT2D eigenvalue weighted by molar-refractivity contribution is 7.88. The second kappa shape index (κ2) is 8.87. The summed E-state index contributed by atoms with van der Waals surface area (Å²) in [6.07, 6.45) is 4.49. The average Bonchev–Trinajstić information content (AvgIpc) is 3.51. The first-order valence-corrected chi connectivity index (χ1v) is 13.2. The maximum absolute atomic E-state index is 14.5. The van der Waals surface area contributed by atoms with Gasteiger partial charge in [0.25, 0.3) is 0 Å². The molecule has 4 heterocycles. The zero-order chi connectivity index (χ0) is 25.6. The number of sulfonamides is 1. The van der Waals surface area contributed by atoms with Crippen molar-refractivity contribution in [2.45, 2.75) is 6.54 Å². The monoisotopic (exact) mass is 513 g/mol. The number of aromatic amines is 2. The molecule has 11 heteroatoms. The van der Waals surface area contributed by atoms with Crippen LogP contribution >= 0.6 is 0 Å². The number of benzene rings is 2. The first-order valence-electron chi connectivity index (χ1n) is 11.3. The summed E-state index contributed by atoms with van der Waals surface area (Å²) in [6, 6.07) is 17.6. The summed E-state index contributed by atoms with van der Waals surface area (Å²) in [5, 5.41) is 7.46. The van der Waals surface area contributed by atoms with Gasteiger partial charge in [0.05, 0.1) is 28.5 Å². The van der Waals surface area contributed by atoms with Crippen LogP contribution < -0.4 is 4.72 Å². The molecule has 6 aromatic rings. The van der Waals surface area contributed by atoms with Crippen LogP contribution in [0.15, 0.2) is 73.1 Å². The number of fused-ring (bicyclic) bond motifs is 2. The van der Waals surface area contributed by atoms with Gasteiger partial charge in [-0.25, -0.2) is 27.5 Å². The van der Waals surface area contributed by atoms with Gasteiger partial charge in [-0.2, -0.15) is 5.10 Å². The fourth-order valence-corrected chi connectivity index (χ4v) is 4.68. The zero-order valence-corrected chi connectivity index (χ0v) is 20.3. The lowest BCUT2D eigenvalue weighted by Gasteiger charge is -2.08. The highest BCUT2D eigenvalue weighted by atomic mass is 32.2. The second-order valence-corrected chi connectivity index (χ2v) is 10.5. The first kappa shape index (κ1) is 23.0. The van der Waals surface area contributed by atoms with Gasteiger partial charge in [-0.05, 0) is 59.7 Å². The summed E-state index contributed by atoms with van der Waals surface area (Å²) in [5.41, 5.74) is 6.86. The molecular weight excluding hydrogens is 493 g/mol. The average molecular weight is 514 g/mol. The highest BCUT2D eigenvalue weighted by Gasteiger charge is 2.17. The van der Waals surface area contributed by atoms with E-state index in [2.05, 4.69) is 24.9 Å². The molecule has 0 amide bonds. The minimum Gasteiger partial charge on any atom is -0.336 e. The van der Waals surface area contributed by atoms with Crippen molar-refractivity contribution >= 4 is 32.1 Å². The number of pyridine rings is 2. The van der Waals surface area contributed by atoms with Gasteiger partial charge in [-0.15, -0.1) is 0 Å². The molecule has 0 aliphatic heterocycles. The van der Waals surface area contributed by atoms with Gasteiger partial charge in [-0.3, -0.25) is 10.1 Å². The molecule has 0 radical (unpaired) electrons. The SMILES string of the molecule is CS(=O)(=O)NCc1cc(F)cc(-c2cccc3[nH]c(-c4n[nH]c5ccc(-c6ccncc6)nc45)nc23)c1. The van der Waals surface area contributed by atoms with Gasteiger partial charge >= 0.3 is 0 Å². The smallest absolute Gasteiger partial charge is 0.209 e. The minimum absolute atomic E-state index is 0.0177. The molecule has 6 rings (SSSR count). The van der Waals surface area contributed by atoms with E-state index in [1.165, 1.54) is 12.1 Å². The maximum Gasteiger partial charge on any atom is 0.209 e. The summed E-state index contributed by atoms with van der Waals surface area (Å²) in [4.78, 5) is 17.0. The van der Waals surface area contributed by atoms with Gasteiger partial charge in [0.1, 0.15) is 11.3 Å². The van der Waals surface area contributed by atoms with E-state index in [4.69, 9.17) is 9.97 Å². The third-order valence-electron chi connectivity index (χ3n) is 5.93. The Balaban J connectivity index is 1.44. The predicted octanol–water partition coefficient (Wildman–Crippen LogP) is 4.42. The quantitative estimate of drug-likeness (QED) is 0.302. The summed E-state index contributed by atoms with van der Waals surface area (Å²) >= 11 is 0. The molecule has 0 aliphatic carbocycles. The van der Waals surface area contributed by atoms with Crippen molar-refractivity contribution in [1.82, 2.24) is 34.9 Å². The van der Waals surface area contributed by atoms with Crippen LogP contribution in [-0.4, -0.2) is 44.8 Å². The van der Waals surface area contributed by atoms with Crippen molar-refractivity contribution in [3.8, 4) is 33.9 Å². The number of halogens is 1. The van der Waals surface area contributed by atoms with E-state index >= 15 is 0 Å². The topological polar surface area (TPSA) is 129 Å². The van der Waals surface area contributed by atoms with Crippen LogP contribution in [0.5, 0.6) is 0 Å². The van der Waals surface area contributed by atoms with Crippen molar-refractivity contribution < 1.29 is 12.8 Å².